The van der Waals surface area contributed by atoms with Crippen LogP contribution < -0.4 is 10.5 Å². The van der Waals surface area contributed by atoms with Crippen LogP contribution in [0.2, 0.25) is 0 Å². The molecule has 0 spiro atoms. The van der Waals surface area contributed by atoms with Gasteiger partial charge in [0.1, 0.15) is 11.5 Å². The second-order valence-electron chi connectivity index (χ2n) is 5.37. The summed E-state index contributed by atoms with van der Waals surface area (Å²) < 4.78 is 6.00. The highest BCUT2D eigenvalue weighted by molar-refractivity contribution is 5.88. The van der Waals surface area contributed by atoms with Gasteiger partial charge < -0.3 is 15.6 Å². The van der Waals surface area contributed by atoms with E-state index in [4.69, 9.17) is 15.6 Å². The average molecular weight is 330 g/mol. The molecule has 23 heavy (non-hydrogen) atoms. The van der Waals surface area contributed by atoms with Crippen molar-refractivity contribution in [1.82, 2.24) is 0 Å². The number of aliphatic hydroxyl groups is 1. The first kappa shape index (κ1) is 17.3. The first-order chi connectivity index (χ1) is 10.8. The number of hydrogen-bond acceptors (Lipinski definition) is 3. The number of benzene rings is 3. The number of rotatable bonds is 5. The van der Waals surface area contributed by atoms with Crippen LogP contribution >= 0.6 is 12.4 Å². The number of halogens is 1. The van der Waals surface area contributed by atoms with Crippen LogP contribution in [0.3, 0.4) is 0 Å². The summed E-state index contributed by atoms with van der Waals surface area (Å²) >= 11 is 0. The van der Waals surface area contributed by atoms with Gasteiger partial charge in [0.15, 0.2) is 0 Å². The fourth-order valence-electron chi connectivity index (χ4n) is 2.47. The number of fused-ring (bicyclic) bond motifs is 1. The molecule has 0 aliphatic heterocycles. The van der Waals surface area contributed by atoms with Crippen LogP contribution in [0.25, 0.3) is 10.8 Å². The van der Waals surface area contributed by atoms with Crippen molar-refractivity contribution in [2.24, 2.45) is 5.73 Å². The van der Waals surface area contributed by atoms with E-state index < -0.39 is 0 Å². The van der Waals surface area contributed by atoms with Gasteiger partial charge in [-0.1, -0.05) is 48.5 Å². The second kappa shape index (κ2) is 7.97. The minimum Gasteiger partial charge on any atom is -0.457 e. The first-order valence-corrected chi connectivity index (χ1v) is 7.37. The Kier molecular flexibility index (Phi) is 5.99. The topological polar surface area (TPSA) is 55.5 Å². The van der Waals surface area contributed by atoms with Gasteiger partial charge in [0, 0.05) is 11.4 Å². The van der Waals surface area contributed by atoms with Crippen molar-refractivity contribution < 1.29 is 9.84 Å². The normalized spacial score (nSPS) is 11.7. The van der Waals surface area contributed by atoms with E-state index in [1.165, 1.54) is 0 Å². The van der Waals surface area contributed by atoms with Gasteiger partial charge >= 0.3 is 0 Å². The van der Waals surface area contributed by atoms with Crippen LogP contribution in [0, 0.1) is 0 Å². The summed E-state index contributed by atoms with van der Waals surface area (Å²) in [6, 6.07) is 21.8. The third-order valence-corrected chi connectivity index (χ3v) is 3.63. The van der Waals surface area contributed by atoms with E-state index in [1.807, 2.05) is 48.5 Å². The lowest BCUT2D eigenvalue weighted by Gasteiger charge is -2.11. The summed E-state index contributed by atoms with van der Waals surface area (Å²) in [5.74, 6) is 1.63. The predicted molar refractivity (Wildman–Crippen MR) is 96.5 cm³/mol. The Labute approximate surface area is 142 Å². The molecule has 3 nitrogen and oxygen atoms in total. The summed E-state index contributed by atoms with van der Waals surface area (Å²) in [6.07, 6.45) is 0.658. The van der Waals surface area contributed by atoms with Crippen LogP contribution in [0.4, 0.5) is 0 Å². The van der Waals surface area contributed by atoms with Gasteiger partial charge in [0.2, 0.25) is 0 Å². The molecule has 3 rings (SSSR count). The van der Waals surface area contributed by atoms with Crippen molar-refractivity contribution in [2.75, 3.05) is 6.61 Å². The molecule has 0 bridgehead atoms. The molecule has 120 valence electrons. The Bertz CT molecular complexity index is 753. The SMILES string of the molecule is Cl.N[C@H](CO)Cc1ccc(Oc2cccc3ccccc23)cc1. The number of nitrogens with two attached hydrogens (primary N) is 1. The van der Waals surface area contributed by atoms with Crippen molar-refractivity contribution in [3.63, 3.8) is 0 Å². The van der Waals surface area contributed by atoms with E-state index in [1.54, 1.807) is 0 Å². The number of ether oxygens (including phenoxy) is 1. The first-order valence-electron chi connectivity index (χ1n) is 7.37. The van der Waals surface area contributed by atoms with Gasteiger partial charge in [0.05, 0.1) is 6.61 Å². The molecule has 1 atom stereocenters. The molecule has 3 aromatic rings. The van der Waals surface area contributed by atoms with Crippen molar-refractivity contribution in [2.45, 2.75) is 12.5 Å². The van der Waals surface area contributed by atoms with Crippen LogP contribution in [0.1, 0.15) is 5.56 Å². The molecule has 0 saturated carbocycles. The summed E-state index contributed by atoms with van der Waals surface area (Å²) in [5, 5.41) is 11.2. The fourth-order valence-corrected chi connectivity index (χ4v) is 2.47. The monoisotopic (exact) mass is 329 g/mol. The highest BCUT2D eigenvalue weighted by Crippen LogP contribution is 2.29. The molecular formula is C19H20ClNO2. The van der Waals surface area contributed by atoms with Crippen LogP contribution in [-0.4, -0.2) is 17.8 Å². The maximum absolute atomic E-state index is 9.00. The molecule has 3 N–H and O–H groups in total. The molecule has 0 heterocycles. The summed E-state index contributed by atoms with van der Waals surface area (Å²) in [4.78, 5) is 0. The van der Waals surface area contributed by atoms with Gasteiger partial charge in [-0.3, -0.25) is 0 Å². The quantitative estimate of drug-likeness (QED) is 0.746. The third kappa shape index (κ3) is 4.23. The molecule has 0 radical (unpaired) electrons. The number of hydrogen-bond donors (Lipinski definition) is 2. The smallest absolute Gasteiger partial charge is 0.135 e. The second-order valence-corrected chi connectivity index (χ2v) is 5.37. The molecule has 4 heteroatoms. The molecule has 0 aliphatic rings. The lowest BCUT2D eigenvalue weighted by atomic mass is 10.1. The Morgan fingerprint density at radius 2 is 1.61 bits per heavy atom. The van der Waals surface area contributed by atoms with Crippen LogP contribution in [0.15, 0.2) is 66.7 Å². The molecule has 0 saturated heterocycles. The van der Waals surface area contributed by atoms with Crippen LogP contribution in [-0.2, 0) is 6.42 Å². The van der Waals surface area contributed by atoms with Crippen molar-refractivity contribution in [3.8, 4) is 11.5 Å². The number of aliphatic hydroxyl groups excluding tert-OH is 1. The Balaban J connectivity index is 0.00000192. The third-order valence-electron chi connectivity index (χ3n) is 3.63. The zero-order chi connectivity index (χ0) is 15.4. The van der Waals surface area contributed by atoms with E-state index in [0.29, 0.717) is 6.42 Å². The van der Waals surface area contributed by atoms with Gasteiger partial charge in [0.25, 0.3) is 0 Å². The zero-order valence-corrected chi connectivity index (χ0v) is 13.5. The highest BCUT2D eigenvalue weighted by Gasteiger charge is 2.05. The lowest BCUT2D eigenvalue weighted by Crippen LogP contribution is -2.26. The highest BCUT2D eigenvalue weighted by atomic mass is 35.5. The molecule has 0 unspecified atom stereocenters. The van der Waals surface area contributed by atoms with Crippen LogP contribution in [0.5, 0.6) is 11.5 Å². The Hall–Kier alpha value is -2.07. The Morgan fingerprint density at radius 3 is 2.35 bits per heavy atom. The van der Waals surface area contributed by atoms with Gasteiger partial charge in [-0.15, -0.1) is 12.4 Å². The molecule has 0 aliphatic carbocycles. The minimum atomic E-state index is -0.218. The fraction of sp³-hybridized carbons (Fsp3) is 0.158. The predicted octanol–water partition coefficient (Wildman–Crippen LogP) is 3.92. The van der Waals surface area contributed by atoms with E-state index in [2.05, 4.69) is 18.2 Å². The maximum atomic E-state index is 9.00. The van der Waals surface area contributed by atoms with Crippen molar-refractivity contribution in [3.05, 3.63) is 72.3 Å². The largest absolute Gasteiger partial charge is 0.457 e. The minimum absolute atomic E-state index is 0. The van der Waals surface area contributed by atoms with E-state index in [-0.39, 0.29) is 25.1 Å². The van der Waals surface area contributed by atoms with Crippen molar-refractivity contribution in [1.29, 1.82) is 0 Å². The lowest BCUT2D eigenvalue weighted by molar-refractivity contribution is 0.265. The van der Waals surface area contributed by atoms with E-state index in [9.17, 15) is 0 Å². The molecule has 3 aromatic carbocycles. The van der Waals surface area contributed by atoms with E-state index >= 15 is 0 Å². The Morgan fingerprint density at radius 1 is 0.913 bits per heavy atom. The molecule has 0 amide bonds. The van der Waals surface area contributed by atoms with E-state index in [0.717, 1.165) is 27.8 Å². The van der Waals surface area contributed by atoms with Gasteiger partial charge in [-0.2, -0.15) is 0 Å². The summed E-state index contributed by atoms with van der Waals surface area (Å²) in [5.41, 5.74) is 6.84. The van der Waals surface area contributed by atoms with Crippen molar-refractivity contribution >= 4 is 23.2 Å². The molecule has 0 aromatic heterocycles. The summed E-state index contributed by atoms with van der Waals surface area (Å²) in [7, 11) is 0. The average Bonchev–Trinajstić information content (AvgIpc) is 2.57. The standard InChI is InChI=1S/C19H19NO2.ClH/c20-16(13-21)12-14-8-10-17(11-9-14)22-19-7-3-5-15-4-1-2-6-18(15)19;/h1-11,16,21H,12-13,20H2;1H/t16-;/m0./s1. The summed E-state index contributed by atoms with van der Waals surface area (Å²) in [6.45, 7) is -0.00570. The van der Waals surface area contributed by atoms with Gasteiger partial charge in [-0.25, -0.2) is 0 Å². The maximum Gasteiger partial charge on any atom is 0.135 e. The molecular weight excluding hydrogens is 310 g/mol. The van der Waals surface area contributed by atoms with Gasteiger partial charge in [-0.05, 0) is 35.6 Å². The molecule has 0 fully saturated rings. The zero-order valence-electron chi connectivity index (χ0n) is 12.7.